The number of aliphatic carboxylic acids is 1. The Bertz CT molecular complexity index is 686. The molecule has 0 saturated heterocycles. The quantitative estimate of drug-likeness (QED) is 0.232. The molecule has 3 atom stereocenters. The van der Waals surface area contributed by atoms with E-state index in [1.165, 1.54) is 11.8 Å². The third-order valence-electron chi connectivity index (χ3n) is 4.16. The maximum Gasteiger partial charge on any atom is 0.326 e. The van der Waals surface area contributed by atoms with Crippen molar-refractivity contribution in [1.82, 2.24) is 10.6 Å². The minimum absolute atomic E-state index is 0.216. The first-order valence-electron chi connectivity index (χ1n) is 9.25. The maximum absolute atomic E-state index is 12.8. The molecule has 29 heavy (non-hydrogen) atoms. The van der Waals surface area contributed by atoms with Gasteiger partial charge in [-0.15, -0.1) is 0 Å². The molecule has 0 aliphatic rings. The van der Waals surface area contributed by atoms with Crippen LogP contribution in [0.3, 0.4) is 0 Å². The number of benzene rings is 1. The summed E-state index contributed by atoms with van der Waals surface area (Å²) in [6, 6.07) is 7.83. The van der Waals surface area contributed by atoms with Gasteiger partial charge in [0.25, 0.3) is 0 Å². The average molecular weight is 440 g/mol. The van der Waals surface area contributed by atoms with Crippen LogP contribution < -0.4 is 16.4 Å². The van der Waals surface area contributed by atoms with Gasteiger partial charge in [0.1, 0.15) is 6.04 Å². The monoisotopic (exact) mass is 439 g/mol. The zero-order chi connectivity index (χ0) is 21.6. The van der Waals surface area contributed by atoms with Gasteiger partial charge in [0, 0.05) is 12.3 Å². The molecule has 0 unspecified atom stereocenters. The second-order valence-electron chi connectivity index (χ2n) is 6.44. The molecule has 0 spiro atoms. The highest BCUT2D eigenvalue weighted by Gasteiger charge is 2.24. The molecule has 0 aliphatic carbocycles. The van der Waals surface area contributed by atoms with Gasteiger partial charge in [-0.3, -0.25) is 9.59 Å². The minimum atomic E-state index is -1.05. The number of rotatable bonds is 13. The smallest absolute Gasteiger partial charge is 0.326 e. The van der Waals surface area contributed by atoms with Gasteiger partial charge < -0.3 is 21.5 Å². The number of nitrogens with two attached hydrogens (primary N) is 1. The predicted molar refractivity (Wildman–Crippen MR) is 120 cm³/mol. The molecule has 0 aromatic heterocycles. The van der Waals surface area contributed by atoms with Crippen LogP contribution in [0.15, 0.2) is 42.5 Å². The Kier molecular flexibility index (Phi) is 12.2. The summed E-state index contributed by atoms with van der Waals surface area (Å²) in [5.41, 5.74) is 6.55. The van der Waals surface area contributed by atoms with Crippen molar-refractivity contribution in [3.8, 4) is 0 Å². The first-order valence-corrected chi connectivity index (χ1v) is 11.3. The highest BCUT2D eigenvalue weighted by molar-refractivity contribution is 7.98. The fourth-order valence-corrected chi connectivity index (χ4v) is 3.13. The molecule has 2 amide bonds. The highest BCUT2D eigenvalue weighted by Crippen LogP contribution is 2.12. The Morgan fingerprint density at radius 3 is 2.52 bits per heavy atom. The first kappa shape index (κ1) is 25.1. The lowest BCUT2D eigenvalue weighted by molar-refractivity contribution is -0.142. The second-order valence-corrected chi connectivity index (χ2v) is 7.79. The lowest BCUT2D eigenvalue weighted by Crippen LogP contribution is -2.44. The summed E-state index contributed by atoms with van der Waals surface area (Å²) < 4.78 is 0. The highest BCUT2D eigenvalue weighted by atomic mass is 32.2. The van der Waals surface area contributed by atoms with Crippen LogP contribution >= 0.6 is 24.4 Å². The van der Waals surface area contributed by atoms with Gasteiger partial charge in [-0.2, -0.15) is 24.4 Å². The summed E-state index contributed by atoms with van der Waals surface area (Å²) in [7, 11) is 0. The van der Waals surface area contributed by atoms with Crippen LogP contribution in [0.4, 0.5) is 0 Å². The Balaban J connectivity index is 2.81. The molecule has 0 radical (unpaired) electrons. The Morgan fingerprint density at radius 1 is 1.24 bits per heavy atom. The fourth-order valence-electron chi connectivity index (χ4n) is 2.49. The lowest BCUT2D eigenvalue weighted by Gasteiger charge is -2.18. The fraction of sp³-hybridized carbons (Fsp3) is 0.450. The number of thiol groups is 1. The van der Waals surface area contributed by atoms with E-state index < -0.39 is 24.0 Å². The number of carboxylic acids is 1. The van der Waals surface area contributed by atoms with Crippen LogP contribution in [-0.2, 0) is 20.8 Å². The Labute approximate surface area is 181 Å². The van der Waals surface area contributed by atoms with Crippen LogP contribution in [0.2, 0.25) is 0 Å². The molecular formula is C20H29N3O4S2. The number of amides is 2. The van der Waals surface area contributed by atoms with Crippen LogP contribution in [0.25, 0.3) is 0 Å². The van der Waals surface area contributed by atoms with Gasteiger partial charge in [-0.25, -0.2) is 4.79 Å². The van der Waals surface area contributed by atoms with Crippen LogP contribution in [0.1, 0.15) is 12.0 Å². The molecule has 9 heteroatoms. The molecule has 1 rings (SSSR count). The van der Waals surface area contributed by atoms with E-state index >= 15 is 0 Å². The predicted octanol–water partition coefficient (Wildman–Crippen LogP) is 1.10. The van der Waals surface area contributed by atoms with E-state index in [2.05, 4.69) is 23.3 Å². The van der Waals surface area contributed by atoms with E-state index in [4.69, 9.17) is 5.73 Å². The standard InChI is InChI=1S/C20H29N3O4S2/c1-29-11-9-17(20(26)27)23-18(24)15(12-14-6-3-2-4-7-14)8-5-10-22-19(25)16(21)13-28/h2-8,15-17,28H,9-13,21H2,1H3,(H,22,25)(H,23,24)(H,26,27)/b8-5+/t15-,16-,17-/m0/s1. The molecular weight excluding hydrogens is 410 g/mol. The van der Waals surface area contributed by atoms with Crippen molar-refractivity contribution in [1.29, 1.82) is 0 Å². The van der Waals surface area contributed by atoms with E-state index in [1.807, 2.05) is 36.6 Å². The number of carbonyl (C=O) groups is 3. The summed E-state index contributed by atoms with van der Waals surface area (Å²) in [6.45, 7) is 0.216. The average Bonchev–Trinajstić information content (AvgIpc) is 2.72. The Hall–Kier alpha value is -1.97. The van der Waals surface area contributed by atoms with Gasteiger partial charge in [0.15, 0.2) is 0 Å². The van der Waals surface area contributed by atoms with E-state index in [1.54, 1.807) is 12.2 Å². The van der Waals surface area contributed by atoms with Crippen molar-refractivity contribution in [2.45, 2.75) is 24.9 Å². The molecule has 0 fully saturated rings. The SMILES string of the molecule is CSCC[C@H](NC(=O)[C@@H](/C=C/CNC(=O)[C@@H](N)CS)Cc1ccccc1)C(=O)O. The van der Waals surface area contributed by atoms with Gasteiger partial charge in [-0.1, -0.05) is 42.5 Å². The molecule has 1 aromatic carbocycles. The zero-order valence-corrected chi connectivity index (χ0v) is 18.1. The van der Waals surface area contributed by atoms with Gasteiger partial charge in [0.05, 0.1) is 12.0 Å². The van der Waals surface area contributed by atoms with Crippen LogP contribution in [0, 0.1) is 5.92 Å². The molecule has 7 nitrogen and oxygen atoms in total. The van der Waals surface area contributed by atoms with Gasteiger partial charge in [-0.05, 0) is 30.4 Å². The molecule has 0 heterocycles. The number of carbonyl (C=O) groups excluding carboxylic acids is 2. The summed E-state index contributed by atoms with van der Waals surface area (Å²) in [6.07, 6.45) is 6.01. The lowest BCUT2D eigenvalue weighted by atomic mass is 9.97. The van der Waals surface area contributed by atoms with Crippen molar-refractivity contribution >= 4 is 42.2 Å². The molecule has 160 valence electrons. The summed E-state index contributed by atoms with van der Waals surface area (Å²) in [5, 5.41) is 14.6. The molecule has 0 bridgehead atoms. The topological polar surface area (TPSA) is 122 Å². The Morgan fingerprint density at radius 2 is 1.93 bits per heavy atom. The van der Waals surface area contributed by atoms with Crippen molar-refractivity contribution in [2.75, 3.05) is 24.3 Å². The van der Waals surface area contributed by atoms with Crippen LogP contribution in [0.5, 0.6) is 0 Å². The van der Waals surface area contributed by atoms with Crippen LogP contribution in [-0.4, -0.2) is 59.3 Å². The maximum atomic E-state index is 12.8. The normalized spacial score (nSPS) is 14.2. The summed E-state index contributed by atoms with van der Waals surface area (Å²) in [5.74, 6) is -1.43. The first-order chi connectivity index (χ1) is 13.9. The molecule has 5 N–H and O–H groups in total. The third kappa shape index (κ3) is 9.87. The van der Waals surface area contributed by atoms with Gasteiger partial charge in [0.2, 0.25) is 11.8 Å². The van der Waals surface area contributed by atoms with E-state index in [0.29, 0.717) is 18.6 Å². The van der Waals surface area contributed by atoms with Crippen molar-refractivity contribution < 1.29 is 19.5 Å². The third-order valence-corrected chi connectivity index (χ3v) is 5.19. The molecule has 0 aliphatic heterocycles. The summed E-state index contributed by atoms with van der Waals surface area (Å²) in [4.78, 5) is 35.9. The number of hydrogen-bond donors (Lipinski definition) is 5. The van der Waals surface area contributed by atoms with E-state index in [9.17, 15) is 19.5 Å². The van der Waals surface area contributed by atoms with E-state index in [0.717, 1.165) is 5.56 Å². The zero-order valence-electron chi connectivity index (χ0n) is 16.4. The number of nitrogens with one attached hydrogen (secondary N) is 2. The molecule has 0 saturated carbocycles. The largest absolute Gasteiger partial charge is 0.480 e. The van der Waals surface area contributed by atoms with Crippen molar-refractivity contribution in [2.24, 2.45) is 11.7 Å². The second kappa shape index (κ2) is 14.1. The van der Waals surface area contributed by atoms with E-state index in [-0.39, 0.29) is 24.1 Å². The van der Waals surface area contributed by atoms with Gasteiger partial charge >= 0.3 is 5.97 Å². The number of thioether (sulfide) groups is 1. The van der Waals surface area contributed by atoms with Crippen molar-refractivity contribution in [3.05, 3.63) is 48.0 Å². The van der Waals surface area contributed by atoms with Crippen molar-refractivity contribution in [3.63, 3.8) is 0 Å². The number of carboxylic acid groups (broad SMARTS) is 1. The number of hydrogen-bond acceptors (Lipinski definition) is 6. The minimum Gasteiger partial charge on any atom is -0.480 e. The molecule has 1 aromatic rings. The summed E-state index contributed by atoms with van der Waals surface area (Å²) >= 11 is 5.51.